The summed E-state index contributed by atoms with van der Waals surface area (Å²) in [6.07, 6.45) is 2.88. The Bertz CT molecular complexity index is 465. The van der Waals surface area contributed by atoms with Gasteiger partial charge in [-0.2, -0.15) is 0 Å². The van der Waals surface area contributed by atoms with Crippen LogP contribution in [0.5, 0.6) is 0 Å². The zero-order valence-electron chi connectivity index (χ0n) is 10.6. The molecular weight excluding hydrogens is 377 g/mol. The predicted molar refractivity (Wildman–Crippen MR) is 84.5 cm³/mol. The lowest BCUT2D eigenvalue weighted by Crippen LogP contribution is -2.40. The van der Waals surface area contributed by atoms with E-state index in [1.807, 2.05) is 11.0 Å². The van der Waals surface area contributed by atoms with Crippen molar-refractivity contribution in [3.8, 4) is 0 Å². The van der Waals surface area contributed by atoms with Crippen LogP contribution in [0.2, 0.25) is 5.02 Å². The zero-order chi connectivity index (χ0) is 13.8. The number of carbonyl (C=O) groups is 1. The van der Waals surface area contributed by atoms with Crippen LogP contribution in [0.25, 0.3) is 0 Å². The maximum absolute atomic E-state index is 12.5. The summed E-state index contributed by atoms with van der Waals surface area (Å²) in [5.41, 5.74) is 0.678. The summed E-state index contributed by atoms with van der Waals surface area (Å²) < 4.78 is 0.927. The summed E-state index contributed by atoms with van der Waals surface area (Å²) in [6.45, 7) is 1.73. The number of amides is 1. The Balaban J connectivity index is 2.12. The number of carbonyl (C=O) groups excluding carboxylic acids is 1. The van der Waals surface area contributed by atoms with Gasteiger partial charge in [-0.25, -0.2) is 0 Å². The number of rotatable bonds is 3. The Morgan fingerprint density at radius 1 is 1.53 bits per heavy atom. The van der Waals surface area contributed by atoms with E-state index in [1.165, 1.54) is 0 Å². The number of hydrogen-bond acceptors (Lipinski definition) is 2. The van der Waals surface area contributed by atoms with Crippen molar-refractivity contribution in [2.24, 2.45) is 5.92 Å². The van der Waals surface area contributed by atoms with E-state index in [4.69, 9.17) is 16.7 Å². The van der Waals surface area contributed by atoms with E-state index in [0.717, 1.165) is 35.9 Å². The van der Waals surface area contributed by atoms with E-state index >= 15 is 0 Å². The van der Waals surface area contributed by atoms with Crippen molar-refractivity contribution in [1.29, 1.82) is 0 Å². The van der Waals surface area contributed by atoms with Crippen molar-refractivity contribution in [3.63, 3.8) is 0 Å². The molecule has 19 heavy (non-hydrogen) atoms. The second kappa shape index (κ2) is 6.90. The Hall–Kier alpha value is -0.330. The van der Waals surface area contributed by atoms with Crippen molar-refractivity contribution in [2.45, 2.75) is 19.3 Å². The quantitative estimate of drug-likeness (QED) is 0.801. The minimum Gasteiger partial charge on any atom is -0.396 e. The first-order chi connectivity index (χ1) is 9.11. The van der Waals surface area contributed by atoms with Crippen molar-refractivity contribution in [1.82, 2.24) is 4.90 Å². The summed E-state index contributed by atoms with van der Waals surface area (Å²) in [7, 11) is 0. The molecular formula is C14H17ClINO2. The van der Waals surface area contributed by atoms with Gasteiger partial charge in [0.15, 0.2) is 0 Å². The molecule has 0 aliphatic carbocycles. The molecule has 2 rings (SSSR count). The van der Waals surface area contributed by atoms with Gasteiger partial charge in [-0.3, -0.25) is 4.79 Å². The molecule has 1 fully saturated rings. The van der Waals surface area contributed by atoms with Crippen LogP contribution in [0.3, 0.4) is 0 Å². The standard InChI is InChI=1S/C14H17ClINO2/c15-11-3-4-13(16)12(8-11)14(19)17-6-1-2-10(9-17)5-7-18/h3-4,8,10,18H,1-2,5-7,9H2. The highest BCUT2D eigenvalue weighted by molar-refractivity contribution is 14.1. The van der Waals surface area contributed by atoms with Crippen LogP contribution in [0, 0.1) is 9.49 Å². The van der Waals surface area contributed by atoms with E-state index in [9.17, 15) is 4.79 Å². The molecule has 1 saturated heterocycles. The Labute approximate surface area is 132 Å². The molecule has 3 nitrogen and oxygen atoms in total. The molecule has 1 unspecified atom stereocenters. The van der Waals surface area contributed by atoms with Gasteiger partial charge < -0.3 is 10.0 Å². The first-order valence-electron chi connectivity index (χ1n) is 6.47. The molecule has 0 spiro atoms. The first-order valence-corrected chi connectivity index (χ1v) is 7.92. The summed E-state index contributed by atoms with van der Waals surface area (Å²) in [4.78, 5) is 14.4. The molecule has 0 saturated carbocycles. The fourth-order valence-corrected chi connectivity index (χ4v) is 3.24. The Morgan fingerprint density at radius 3 is 3.05 bits per heavy atom. The second-order valence-electron chi connectivity index (χ2n) is 4.90. The van der Waals surface area contributed by atoms with Crippen LogP contribution in [0.1, 0.15) is 29.6 Å². The van der Waals surface area contributed by atoms with Crippen LogP contribution in [-0.4, -0.2) is 35.6 Å². The van der Waals surface area contributed by atoms with Gasteiger partial charge in [0.05, 0.1) is 5.56 Å². The van der Waals surface area contributed by atoms with E-state index < -0.39 is 0 Å². The lowest BCUT2D eigenvalue weighted by molar-refractivity contribution is 0.0652. The maximum atomic E-state index is 12.5. The Kier molecular flexibility index (Phi) is 5.47. The van der Waals surface area contributed by atoms with E-state index in [2.05, 4.69) is 22.6 Å². The molecule has 1 aromatic rings. The molecule has 1 N–H and O–H groups in total. The van der Waals surface area contributed by atoms with Crippen LogP contribution in [0.15, 0.2) is 18.2 Å². The third-order valence-corrected chi connectivity index (χ3v) is 4.68. The minimum atomic E-state index is 0.0505. The molecule has 1 amide bonds. The molecule has 1 aliphatic heterocycles. The summed E-state index contributed by atoms with van der Waals surface area (Å²) >= 11 is 8.14. The van der Waals surface area contributed by atoms with Crippen LogP contribution in [0.4, 0.5) is 0 Å². The number of halogens is 2. The number of piperidine rings is 1. The third kappa shape index (κ3) is 3.83. The number of nitrogens with zero attached hydrogens (tertiary/aromatic N) is 1. The zero-order valence-corrected chi connectivity index (χ0v) is 13.5. The fraction of sp³-hybridized carbons (Fsp3) is 0.500. The number of benzene rings is 1. The molecule has 1 aliphatic rings. The van der Waals surface area contributed by atoms with Gasteiger partial charge in [0, 0.05) is 28.3 Å². The van der Waals surface area contributed by atoms with Gasteiger partial charge in [0.25, 0.3) is 5.91 Å². The largest absolute Gasteiger partial charge is 0.396 e. The van der Waals surface area contributed by atoms with Crippen molar-refractivity contribution >= 4 is 40.1 Å². The molecule has 5 heteroatoms. The van der Waals surface area contributed by atoms with Crippen molar-refractivity contribution in [2.75, 3.05) is 19.7 Å². The highest BCUT2D eigenvalue weighted by atomic mass is 127. The van der Waals surface area contributed by atoms with Crippen LogP contribution >= 0.6 is 34.2 Å². The van der Waals surface area contributed by atoms with Crippen LogP contribution < -0.4 is 0 Å². The smallest absolute Gasteiger partial charge is 0.254 e. The summed E-state index contributed by atoms with van der Waals surface area (Å²) in [5, 5.41) is 9.61. The van der Waals surface area contributed by atoms with E-state index in [1.54, 1.807) is 12.1 Å². The average molecular weight is 394 g/mol. The van der Waals surface area contributed by atoms with Crippen molar-refractivity contribution in [3.05, 3.63) is 32.4 Å². The van der Waals surface area contributed by atoms with E-state index in [0.29, 0.717) is 16.5 Å². The van der Waals surface area contributed by atoms with Gasteiger partial charge >= 0.3 is 0 Å². The number of aliphatic hydroxyl groups excluding tert-OH is 1. The first kappa shape index (κ1) is 15.1. The van der Waals surface area contributed by atoms with Crippen LogP contribution in [-0.2, 0) is 0 Å². The maximum Gasteiger partial charge on any atom is 0.254 e. The number of aliphatic hydroxyl groups is 1. The second-order valence-corrected chi connectivity index (χ2v) is 6.49. The highest BCUT2D eigenvalue weighted by Crippen LogP contribution is 2.24. The van der Waals surface area contributed by atoms with Gasteiger partial charge in [0.1, 0.15) is 0 Å². The number of hydrogen-bond donors (Lipinski definition) is 1. The topological polar surface area (TPSA) is 40.5 Å². The molecule has 0 bridgehead atoms. The summed E-state index contributed by atoms with van der Waals surface area (Å²) in [6, 6.07) is 5.40. The van der Waals surface area contributed by atoms with Gasteiger partial charge in [0.2, 0.25) is 0 Å². The van der Waals surface area contributed by atoms with Crippen molar-refractivity contribution < 1.29 is 9.90 Å². The van der Waals surface area contributed by atoms with Gasteiger partial charge in [-0.15, -0.1) is 0 Å². The monoisotopic (exact) mass is 393 g/mol. The minimum absolute atomic E-state index is 0.0505. The fourth-order valence-electron chi connectivity index (χ4n) is 2.50. The highest BCUT2D eigenvalue weighted by Gasteiger charge is 2.25. The normalized spacial score (nSPS) is 19.5. The van der Waals surface area contributed by atoms with E-state index in [-0.39, 0.29) is 12.5 Å². The predicted octanol–water partition coefficient (Wildman–Crippen LogP) is 3.18. The average Bonchev–Trinajstić information content (AvgIpc) is 2.41. The Morgan fingerprint density at radius 2 is 2.32 bits per heavy atom. The molecule has 1 heterocycles. The number of likely N-dealkylation sites (tertiary alicyclic amines) is 1. The lowest BCUT2D eigenvalue weighted by atomic mass is 9.94. The lowest BCUT2D eigenvalue weighted by Gasteiger charge is -2.32. The SMILES string of the molecule is O=C(c1cc(Cl)ccc1I)N1CCCC(CCO)C1. The molecule has 1 atom stereocenters. The third-order valence-electron chi connectivity index (χ3n) is 3.50. The van der Waals surface area contributed by atoms with Gasteiger partial charge in [-0.1, -0.05) is 11.6 Å². The molecule has 1 aromatic carbocycles. The molecule has 0 aromatic heterocycles. The summed E-state index contributed by atoms with van der Waals surface area (Å²) in [5.74, 6) is 0.467. The van der Waals surface area contributed by atoms with Gasteiger partial charge in [-0.05, 0) is 66.0 Å². The molecule has 104 valence electrons. The molecule has 0 radical (unpaired) electrons.